The van der Waals surface area contributed by atoms with Crippen LogP contribution in [0.5, 0.6) is 0 Å². The van der Waals surface area contributed by atoms with Crippen LogP contribution >= 0.6 is 12.2 Å². The summed E-state index contributed by atoms with van der Waals surface area (Å²) in [4.78, 5) is 0.728. The molecule has 4 heteroatoms. The first-order valence-corrected chi connectivity index (χ1v) is 4.33. The molecule has 1 aliphatic carbocycles. The van der Waals surface area contributed by atoms with Gasteiger partial charge < -0.3 is 4.42 Å². The molecule has 0 atom stereocenters. The van der Waals surface area contributed by atoms with Crippen molar-refractivity contribution in [2.45, 2.75) is 6.42 Å². The van der Waals surface area contributed by atoms with Gasteiger partial charge >= 0.3 is 0 Å². The first-order valence-electron chi connectivity index (χ1n) is 3.92. The number of allylic oxidation sites excluding steroid dienone is 2. The average Bonchev–Trinajstić information content (AvgIpc) is 2.74. The summed E-state index contributed by atoms with van der Waals surface area (Å²) >= 11 is 5.11. The summed E-state index contributed by atoms with van der Waals surface area (Å²) < 4.78 is 5.20. The fourth-order valence-electron chi connectivity index (χ4n) is 1.46. The Balaban J connectivity index is 2.68. The maximum Gasteiger partial charge on any atom is 0.140 e. The van der Waals surface area contributed by atoms with E-state index < -0.39 is 0 Å². The number of thiocarbonyl (C=S) groups is 1. The highest BCUT2D eigenvalue weighted by atomic mass is 32.1. The third kappa shape index (κ3) is 1.06. The van der Waals surface area contributed by atoms with Crippen LogP contribution in [0.3, 0.4) is 0 Å². The lowest BCUT2D eigenvalue weighted by Crippen LogP contribution is -1.86. The molecule has 0 aromatic carbocycles. The maximum absolute atomic E-state index is 8.72. The van der Waals surface area contributed by atoms with Crippen LogP contribution in [0.1, 0.15) is 17.7 Å². The lowest BCUT2D eigenvalue weighted by molar-refractivity contribution is 0.553. The van der Waals surface area contributed by atoms with Crippen LogP contribution in [0.4, 0.5) is 0 Å². The summed E-state index contributed by atoms with van der Waals surface area (Å²) in [6.07, 6.45) is 1.98. The Kier molecular flexibility index (Phi) is 1.92. The standard InChI is InChI=1S/C10H4N2OS/c11-4-6(5-12)8-3-9(14)7-1-2-13-10(7)8/h1-2H,3H2. The van der Waals surface area contributed by atoms with Gasteiger partial charge in [-0.1, -0.05) is 12.2 Å². The number of hydrogen-bond donors (Lipinski definition) is 0. The molecule has 0 radical (unpaired) electrons. The molecule has 1 aromatic heterocycles. The number of rotatable bonds is 0. The van der Waals surface area contributed by atoms with Crippen LogP contribution < -0.4 is 0 Å². The van der Waals surface area contributed by atoms with Crippen molar-refractivity contribution in [2.24, 2.45) is 0 Å². The van der Waals surface area contributed by atoms with Crippen molar-refractivity contribution in [3.8, 4) is 12.1 Å². The van der Waals surface area contributed by atoms with Crippen molar-refractivity contribution in [3.63, 3.8) is 0 Å². The van der Waals surface area contributed by atoms with Crippen molar-refractivity contribution >= 4 is 22.7 Å². The largest absolute Gasteiger partial charge is 0.464 e. The number of furan rings is 1. The van der Waals surface area contributed by atoms with Crippen molar-refractivity contribution in [1.29, 1.82) is 10.5 Å². The van der Waals surface area contributed by atoms with E-state index in [9.17, 15) is 0 Å². The Bertz CT molecular complexity index is 509. The zero-order valence-electron chi connectivity index (χ0n) is 7.07. The van der Waals surface area contributed by atoms with Crippen LogP contribution in [0.25, 0.3) is 5.57 Å². The molecule has 0 spiro atoms. The van der Waals surface area contributed by atoms with Gasteiger partial charge in [-0.3, -0.25) is 0 Å². The minimum atomic E-state index is 0.0843. The third-order valence-electron chi connectivity index (χ3n) is 2.10. The Morgan fingerprint density at radius 2 is 2.14 bits per heavy atom. The molecule has 0 fully saturated rings. The summed E-state index contributed by atoms with van der Waals surface area (Å²) in [6, 6.07) is 5.45. The van der Waals surface area contributed by atoms with E-state index in [0.29, 0.717) is 17.8 Å². The van der Waals surface area contributed by atoms with E-state index in [0.717, 1.165) is 10.4 Å². The quantitative estimate of drug-likeness (QED) is 0.475. The van der Waals surface area contributed by atoms with E-state index in [-0.39, 0.29) is 5.57 Å². The Morgan fingerprint density at radius 1 is 1.43 bits per heavy atom. The van der Waals surface area contributed by atoms with Crippen LogP contribution in [-0.2, 0) is 0 Å². The average molecular weight is 200 g/mol. The van der Waals surface area contributed by atoms with Gasteiger partial charge in [-0.2, -0.15) is 10.5 Å². The fraction of sp³-hybridized carbons (Fsp3) is 0.100. The molecule has 1 aromatic rings. The van der Waals surface area contributed by atoms with Gasteiger partial charge in [0.2, 0.25) is 0 Å². The van der Waals surface area contributed by atoms with Gasteiger partial charge in [0.25, 0.3) is 0 Å². The normalized spacial score (nSPS) is 13.3. The van der Waals surface area contributed by atoms with Crippen LogP contribution in [-0.4, -0.2) is 4.86 Å². The summed E-state index contributed by atoms with van der Waals surface area (Å²) in [6.45, 7) is 0. The van der Waals surface area contributed by atoms with Crippen molar-refractivity contribution < 1.29 is 4.42 Å². The minimum absolute atomic E-state index is 0.0843. The van der Waals surface area contributed by atoms with E-state index in [1.807, 2.05) is 12.1 Å². The first-order chi connectivity index (χ1) is 6.77. The predicted octanol–water partition coefficient (Wildman–Crippen LogP) is 2.20. The van der Waals surface area contributed by atoms with Gasteiger partial charge in [0.05, 0.1) is 6.26 Å². The molecule has 14 heavy (non-hydrogen) atoms. The van der Waals surface area contributed by atoms with E-state index >= 15 is 0 Å². The fourth-order valence-corrected chi connectivity index (χ4v) is 1.77. The molecule has 0 aliphatic heterocycles. The first kappa shape index (κ1) is 8.68. The van der Waals surface area contributed by atoms with Gasteiger partial charge in [-0.05, 0) is 6.07 Å². The molecular weight excluding hydrogens is 196 g/mol. The molecule has 3 nitrogen and oxygen atoms in total. The van der Waals surface area contributed by atoms with Crippen LogP contribution in [0.15, 0.2) is 22.3 Å². The molecule has 66 valence electrons. The Morgan fingerprint density at radius 3 is 2.79 bits per heavy atom. The van der Waals surface area contributed by atoms with Gasteiger partial charge in [-0.25, -0.2) is 0 Å². The van der Waals surface area contributed by atoms with Gasteiger partial charge in [-0.15, -0.1) is 0 Å². The SMILES string of the molecule is N#CC(C#N)=C1CC(=S)c2ccoc21. The molecule has 0 saturated carbocycles. The number of fused-ring (bicyclic) bond motifs is 1. The molecule has 0 amide bonds. The second kappa shape index (κ2) is 3.10. The molecule has 2 rings (SSSR count). The third-order valence-corrected chi connectivity index (χ3v) is 2.47. The molecule has 1 heterocycles. The molecular formula is C10H4N2OS. The summed E-state index contributed by atoms with van der Waals surface area (Å²) in [7, 11) is 0. The number of hydrogen-bond acceptors (Lipinski definition) is 4. The maximum atomic E-state index is 8.72. The minimum Gasteiger partial charge on any atom is -0.464 e. The van der Waals surface area contributed by atoms with Crippen LogP contribution in [0, 0.1) is 22.7 Å². The van der Waals surface area contributed by atoms with E-state index in [1.165, 1.54) is 6.26 Å². The monoisotopic (exact) mass is 200 g/mol. The second-order valence-corrected chi connectivity index (χ2v) is 3.33. The topological polar surface area (TPSA) is 60.7 Å². The van der Waals surface area contributed by atoms with Crippen LogP contribution in [0.2, 0.25) is 0 Å². The molecule has 0 N–H and O–H groups in total. The summed E-state index contributed by atoms with van der Waals surface area (Å²) in [5.41, 5.74) is 1.53. The Hall–Kier alpha value is -1.91. The molecule has 0 unspecified atom stereocenters. The van der Waals surface area contributed by atoms with E-state index in [4.69, 9.17) is 27.2 Å². The molecule has 0 saturated heterocycles. The zero-order chi connectivity index (χ0) is 10.1. The van der Waals surface area contributed by atoms with Gasteiger partial charge in [0, 0.05) is 22.4 Å². The predicted molar refractivity (Wildman–Crippen MR) is 53.2 cm³/mol. The van der Waals surface area contributed by atoms with Gasteiger partial charge in [0.1, 0.15) is 23.5 Å². The smallest absolute Gasteiger partial charge is 0.140 e. The number of nitrogens with zero attached hydrogens (tertiary/aromatic N) is 2. The summed E-state index contributed by atoms with van der Waals surface area (Å²) in [5, 5.41) is 17.4. The highest BCUT2D eigenvalue weighted by molar-refractivity contribution is 7.81. The molecule has 0 bridgehead atoms. The van der Waals surface area contributed by atoms with E-state index in [1.54, 1.807) is 6.07 Å². The molecule has 1 aliphatic rings. The highest BCUT2D eigenvalue weighted by Crippen LogP contribution is 2.35. The zero-order valence-corrected chi connectivity index (χ0v) is 7.89. The van der Waals surface area contributed by atoms with Crippen molar-refractivity contribution in [2.75, 3.05) is 0 Å². The van der Waals surface area contributed by atoms with Crippen molar-refractivity contribution in [1.82, 2.24) is 0 Å². The number of nitriles is 2. The lowest BCUT2D eigenvalue weighted by atomic mass is 10.1. The van der Waals surface area contributed by atoms with Crippen molar-refractivity contribution in [3.05, 3.63) is 29.2 Å². The second-order valence-electron chi connectivity index (χ2n) is 2.84. The highest BCUT2D eigenvalue weighted by Gasteiger charge is 2.27. The summed E-state index contributed by atoms with van der Waals surface area (Å²) in [5.74, 6) is 0.577. The van der Waals surface area contributed by atoms with E-state index in [2.05, 4.69) is 0 Å². The Labute approximate surface area is 85.9 Å². The lowest BCUT2D eigenvalue weighted by Gasteiger charge is -1.92. The van der Waals surface area contributed by atoms with Gasteiger partial charge in [0.15, 0.2) is 0 Å².